The summed E-state index contributed by atoms with van der Waals surface area (Å²) in [5.74, 6) is 0.456. The summed E-state index contributed by atoms with van der Waals surface area (Å²) < 4.78 is 13.3. The molecule has 0 saturated carbocycles. The van der Waals surface area contributed by atoms with Crippen LogP contribution in [0.3, 0.4) is 0 Å². The van der Waals surface area contributed by atoms with E-state index in [2.05, 4.69) is 41.1 Å². The molecule has 0 spiro atoms. The summed E-state index contributed by atoms with van der Waals surface area (Å²) >= 11 is 0. The Labute approximate surface area is 185 Å². The van der Waals surface area contributed by atoms with E-state index < -0.39 is 0 Å². The minimum Gasteiger partial charge on any atom is -0.342 e. The largest absolute Gasteiger partial charge is 0.342 e. The molecule has 0 N–H and O–H groups in total. The lowest BCUT2D eigenvalue weighted by atomic mass is 9.89. The summed E-state index contributed by atoms with van der Waals surface area (Å²) in [7, 11) is 2.19. The van der Waals surface area contributed by atoms with Gasteiger partial charge in [0.15, 0.2) is 0 Å². The summed E-state index contributed by atoms with van der Waals surface area (Å²) in [5.41, 5.74) is 3.54. The SMILES string of the molecule is CN1CCN(Cc2ccc(CC3CCN(C(=O)Cc4cccc(F)c4)CC3)cc2)CC1. The maximum Gasteiger partial charge on any atom is 0.226 e. The fraction of sp³-hybridized carbons (Fsp3) is 0.500. The van der Waals surface area contributed by atoms with Crippen molar-refractivity contribution in [1.29, 1.82) is 0 Å². The van der Waals surface area contributed by atoms with Gasteiger partial charge in [-0.25, -0.2) is 4.39 Å². The molecule has 2 aliphatic heterocycles. The molecular formula is C26H34FN3O. The van der Waals surface area contributed by atoms with Crippen LogP contribution in [0.2, 0.25) is 0 Å². The van der Waals surface area contributed by atoms with Gasteiger partial charge in [-0.05, 0) is 61.1 Å². The number of carbonyl (C=O) groups excluding carboxylic acids is 1. The van der Waals surface area contributed by atoms with Gasteiger partial charge < -0.3 is 9.80 Å². The van der Waals surface area contributed by atoms with E-state index in [4.69, 9.17) is 0 Å². The van der Waals surface area contributed by atoms with E-state index in [9.17, 15) is 9.18 Å². The van der Waals surface area contributed by atoms with Gasteiger partial charge in [-0.3, -0.25) is 9.69 Å². The van der Waals surface area contributed by atoms with Gasteiger partial charge in [0.1, 0.15) is 5.82 Å². The average molecular weight is 424 g/mol. The molecule has 0 bridgehead atoms. The predicted molar refractivity (Wildman–Crippen MR) is 122 cm³/mol. The number of hydrogen-bond donors (Lipinski definition) is 0. The van der Waals surface area contributed by atoms with Crippen LogP contribution in [-0.2, 0) is 24.2 Å². The second-order valence-electron chi connectivity index (χ2n) is 9.23. The van der Waals surface area contributed by atoms with Crippen molar-refractivity contribution in [1.82, 2.24) is 14.7 Å². The molecule has 2 aromatic carbocycles. The quantitative estimate of drug-likeness (QED) is 0.710. The number of piperazine rings is 1. The van der Waals surface area contributed by atoms with E-state index in [0.717, 1.165) is 70.6 Å². The van der Waals surface area contributed by atoms with Crippen molar-refractivity contribution < 1.29 is 9.18 Å². The average Bonchev–Trinajstić information content (AvgIpc) is 2.77. The highest BCUT2D eigenvalue weighted by atomic mass is 19.1. The number of benzene rings is 2. The lowest BCUT2D eigenvalue weighted by Gasteiger charge is -2.32. The standard InChI is InChI=1S/C26H34FN3O/c1-28-13-15-29(16-14-28)20-23-7-5-21(6-8-23)17-22-9-11-30(12-10-22)26(31)19-24-3-2-4-25(27)18-24/h2-8,18,22H,9-17,19-20H2,1H3. The zero-order valence-corrected chi connectivity index (χ0v) is 18.6. The molecule has 31 heavy (non-hydrogen) atoms. The Morgan fingerprint density at radius 1 is 0.903 bits per heavy atom. The molecule has 0 radical (unpaired) electrons. The van der Waals surface area contributed by atoms with E-state index in [1.165, 1.54) is 23.3 Å². The summed E-state index contributed by atoms with van der Waals surface area (Å²) in [4.78, 5) is 19.4. The Balaban J connectivity index is 1.21. The molecule has 1 amide bonds. The fourth-order valence-electron chi connectivity index (χ4n) is 4.70. The number of carbonyl (C=O) groups is 1. The van der Waals surface area contributed by atoms with Crippen LogP contribution in [0.15, 0.2) is 48.5 Å². The Morgan fingerprint density at radius 3 is 2.26 bits per heavy atom. The lowest BCUT2D eigenvalue weighted by molar-refractivity contribution is -0.131. The molecule has 2 aliphatic rings. The molecule has 0 aliphatic carbocycles. The minimum absolute atomic E-state index is 0.109. The van der Waals surface area contributed by atoms with Gasteiger partial charge in [-0.1, -0.05) is 36.4 Å². The van der Waals surface area contributed by atoms with Crippen LogP contribution < -0.4 is 0 Å². The second kappa shape index (κ2) is 10.4. The number of halogens is 1. The van der Waals surface area contributed by atoms with Crippen molar-refractivity contribution in [3.63, 3.8) is 0 Å². The zero-order valence-electron chi connectivity index (χ0n) is 18.6. The fourth-order valence-corrected chi connectivity index (χ4v) is 4.70. The Morgan fingerprint density at radius 2 is 1.58 bits per heavy atom. The molecule has 2 aromatic rings. The molecule has 2 heterocycles. The molecular weight excluding hydrogens is 389 g/mol. The predicted octanol–water partition coefficient (Wildman–Crippen LogP) is 3.60. The molecule has 0 unspecified atom stereocenters. The first kappa shape index (κ1) is 22.0. The summed E-state index contributed by atoms with van der Waals surface area (Å²) in [5, 5.41) is 0. The number of nitrogens with zero attached hydrogens (tertiary/aromatic N) is 3. The lowest BCUT2D eigenvalue weighted by Crippen LogP contribution is -2.43. The maximum atomic E-state index is 13.3. The highest BCUT2D eigenvalue weighted by molar-refractivity contribution is 5.78. The Kier molecular flexibility index (Phi) is 7.36. The third kappa shape index (κ3) is 6.37. The van der Waals surface area contributed by atoms with E-state index in [0.29, 0.717) is 5.92 Å². The van der Waals surface area contributed by atoms with Crippen LogP contribution in [-0.4, -0.2) is 66.9 Å². The van der Waals surface area contributed by atoms with E-state index >= 15 is 0 Å². The normalized spacial score (nSPS) is 19.0. The van der Waals surface area contributed by atoms with Gasteiger partial charge in [0, 0.05) is 45.8 Å². The monoisotopic (exact) mass is 423 g/mol. The highest BCUT2D eigenvalue weighted by Gasteiger charge is 2.23. The Hall–Kier alpha value is -2.24. The van der Waals surface area contributed by atoms with Crippen molar-refractivity contribution in [3.05, 3.63) is 71.0 Å². The molecule has 166 valence electrons. The van der Waals surface area contributed by atoms with Gasteiger partial charge in [0.25, 0.3) is 0 Å². The second-order valence-corrected chi connectivity index (χ2v) is 9.23. The number of likely N-dealkylation sites (N-methyl/N-ethyl adjacent to an activating group) is 1. The van der Waals surface area contributed by atoms with E-state index in [1.807, 2.05) is 11.0 Å². The molecule has 2 saturated heterocycles. The number of hydrogen-bond acceptors (Lipinski definition) is 3. The molecule has 0 aromatic heterocycles. The summed E-state index contributed by atoms with van der Waals surface area (Å²) in [6, 6.07) is 15.5. The first-order valence-electron chi connectivity index (χ1n) is 11.6. The van der Waals surface area contributed by atoms with Crippen molar-refractivity contribution >= 4 is 5.91 Å². The maximum absolute atomic E-state index is 13.3. The number of rotatable bonds is 6. The van der Waals surface area contributed by atoms with Gasteiger partial charge in [-0.2, -0.15) is 0 Å². The molecule has 4 rings (SSSR count). The van der Waals surface area contributed by atoms with Gasteiger partial charge in [0.2, 0.25) is 5.91 Å². The van der Waals surface area contributed by atoms with E-state index in [-0.39, 0.29) is 18.1 Å². The van der Waals surface area contributed by atoms with Crippen molar-refractivity contribution in [2.75, 3.05) is 46.3 Å². The zero-order chi connectivity index (χ0) is 21.6. The van der Waals surface area contributed by atoms with Crippen LogP contribution in [0.1, 0.15) is 29.5 Å². The highest BCUT2D eigenvalue weighted by Crippen LogP contribution is 2.23. The van der Waals surface area contributed by atoms with Crippen LogP contribution in [0, 0.1) is 11.7 Å². The summed E-state index contributed by atoms with van der Waals surface area (Å²) in [6.07, 6.45) is 3.45. The van der Waals surface area contributed by atoms with Crippen LogP contribution in [0.25, 0.3) is 0 Å². The third-order valence-corrected chi connectivity index (χ3v) is 6.76. The minimum atomic E-state index is -0.279. The smallest absolute Gasteiger partial charge is 0.226 e. The number of piperidine rings is 1. The van der Waals surface area contributed by atoms with Crippen molar-refractivity contribution in [2.45, 2.75) is 32.2 Å². The van der Waals surface area contributed by atoms with Crippen LogP contribution in [0.5, 0.6) is 0 Å². The first-order valence-corrected chi connectivity index (χ1v) is 11.6. The van der Waals surface area contributed by atoms with Gasteiger partial charge >= 0.3 is 0 Å². The topological polar surface area (TPSA) is 26.8 Å². The van der Waals surface area contributed by atoms with Gasteiger partial charge in [0.05, 0.1) is 6.42 Å². The van der Waals surface area contributed by atoms with Crippen LogP contribution in [0.4, 0.5) is 4.39 Å². The van der Waals surface area contributed by atoms with Crippen molar-refractivity contribution in [3.8, 4) is 0 Å². The first-order chi connectivity index (χ1) is 15.0. The van der Waals surface area contributed by atoms with E-state index in [1.54, 1.807) is 6.07 Å². The van der Waals surface area contributed by atoms with Gasteiger partial charge in [-0.15, -0.1) is 0 Å². The van der Waals surface area contributed by atoms with Crippen LogP contribution >= 0.6 is 0 Å². The number of amides is 1. The molecule has 0 atom stereocenters. The Bertz CT molecular complexity index is 853. The summed E-state index contributed by atoms with van der Waals surface area (Å²) in [6.45, 7) is 7.26. The molecule has 5 heteroatoms. The molecule has 2 fully saturated rings. The van der Waals surface area contributed by atoms with Crippen molar-refractivity contribution in [2.24, 2.45) is 5.92 Å². The third-order valence-electron chi connectivity index (χ3n) is 6.76. The number of likely N-dealkylation sites (tertiary alicyclic amines) is 1. The molecule has 4 nitrogen and oxygen atoms in total.